The highest BCUT2D eigenvalue weighted by molar-refractivity contribution is 5.07. The molecule has 0 N–H and O–H groups in total. The fraction of sp³-hybridized carbons (Fsp3) is 0.824. The van der Waals surface area contributed by atoms with Crippen molar-refractivity contribution < 1.29 is 0 Å². The van der Waals surface area contributed by atoms with Gasteiger partial charge in [0.05, 0.1) is 5.69 Å². The van der Waals surface area contributed by atoms with Crippen molar-refractivity contribution in [2.24, 2.45) is 18.9 Å². The summed E-state index contributed by atoms with van der Waals surface area (Å²) in [5, 5.41) is 0. The zero-order chi connectivity index (χ0) is 13.8. The Hall–Kier alpha value is -0.790. The zero-order valence-electron chi connectivity index (χ0n) is 13.2. The van der Waals surface area contributed by atoms with Gasteiger partial charge >= 0.3 is 0 Å². The normalized spacial score (nSPS) is 19.0. The molecule has 0 aliphatic heterocycles. The maximum Gasteiger partial charge on any atom is 0.108 e. The Balaban J connectivity index is 1.87. The monoisotopic (exact) mass is 262 g/mol. The zero-order valence-corrected chi connectivity index (χ0v) is 13.2. The lowest BCUT2D eigenvalue weighted by Crippen LogP contribution is -2.16. The summed E-state index contributed by atoms with van der Waals surface area (Å²) in [5.41, 5.74) is 1.24. The summed E-state index contributed by atoms with van der Waals surface area (Å²) in [6.45, 7) is 6.88. The molecule has 1 aromatic heterocycles. The molecule has 0 aromatic carbocycles. The first kappa shape index (κ1) is 14.6. The van der Waals surface area contributed by atoms with Crippen molar-refractivity contribution in [1.29, 1.82) is 0 Å². The third-order valence-corrected chi connectivity index (χ3v) is 4.86. The Labute approximate surface area is 118 Å². The third kappa shape index (κ3) is 3.84. The van der Waals surface area contributed by atoms with Crippen molar-refractivity contribution in [2.45, 2.75) is 71.6 Å². The van der Waals surface area contributed by atoms with Crippen LogP contribution in [0, 0.1) is 11.8 Å². The van der Waals surface area contributed by atoms with Gasteiger partial charge < -0.3 is 4.57 Å². The predicted molar refractivity (Wildman–Crippen MR) is 81.4 cm³/mol. The molecule has 1 aliphatic rings. The third-order valence-electron chi connectivity index (χ3n) is 4.86. The molecule has 0 radical (unpaired) electrons. The Morgan fingerprint density at radius 1 is 1.21 bits per heavy atom. The topological polar surface area (TPSA) is 17.8 Å². The number of aromatic nitrogens is 2. The van der Waals surface area contributed by atoms with Gasteiger partial charge in [-0.2, -0.15) is 0 Å². The first-order valence-corrected chi connectivity index (χ1v) is 8.10. The summed E-state index contributed by atoms with van der Waals surface area (Å²) < 4.78 is 2.23. The number of imidazole rings is 1. The standard InChI is InChI=1S/C17H30N2/c1-13(2)16-12-19(4)17(18-16)11-10-14(3)15-8-6-5-7-9-15/h12-15H,5-11H2,1-4H3. The van der Waals surface area contributed by atoms with Crippen molar-refractivity contribution >= 4 is 0 Å². The molecular weight excluding hydrogens is 232 g/mol. The van der Waals surface area contributed by atoms with Crippen LogP contribution < -0.4 is 0 Å². The van der Waals surface area contributed by atoms with E-state index >= 15 is 0 Å². The van der Waals surface area contributed by atoms with E-state index in [0.717, 1.165) is 18.3 Å². The highest BCUT2D eigenvalue weighted by Gasteiger charge is 2.20. The van der Waals surface area contributed by atoms with Gasteiger partial charge in [-0.1, -0.05) is 52.9 Å². The van der Waals surface area contributed by atoms with Crippen LogP contribution in [0.25, 0.3) is 0 Å². The van der Waals surface area contributed by atoms with Crippen LogP contribution in [-0.2, 0) is 13.5 Å². The molecule has 1 aliphatic carbocycles. The molecule has 1 unspecified atom stereocenters. The number of rotatable bonds is 5. The van der Waals surface area contributed by atoms with Gasteiger partial charge in [-0.3, -0.25) is 0 Å². The van der Waals surface area contributed by atoms with E-state index in [1.807, 2.05) is 0 Å². The molecule has 19 heavy (non-hydrogen) atoms. The van der Waals surface area contributed by atoms with E-state index < -0.39 is 0 Å². The van der Waals surface area contributed by atoms with Crippen molar-refractivity contribution in [2.75, 3.05) is 0 Å². The molecule has 1 heterocycles. The van der Waals surface area contributed by atoms with Crippen LogP contribution in [0.1, 0.15) is 76.7 Å². The second kappa shape index (κ2) is 6.58. The van der Waals surface area contributed by atoms with Crippen molar-refractivity contribution in [1.82, 2.24) is 9.55 Å². The Kier molecular flexibility index (Phi) is 5.06. The molecule has 1 saturated carbocycles. The van der Waals surface area contributed by atoms with E-state index in [1.165, 1.54) is 50.0 Å². The van der Waals surface area contributed by atoms with Crippen molar-refractivity contribution in [3.05, 3.63) is 17.7 Å². The maximum absolute atomic E-state index is 4.79. The van der Waals surface area contributed by atoms with E-state index in [4.69, 9.17) is 4.98 Å². The Morgan fingerprint density at radius 3 is 2.47 bits per heavy atom. The van der Waals surface area contributed by atoms with Crippen LogP contribution >= 0.6 is 0 Å². The molecular formula is C17H30N2. The molecule has 2 rings (SSSR count). The van der Waals surface area contributed by atoms with Crippen LogP contribution in [0.3, 0.4) is 0 Å². The largest absolute Gasteiger partial charge is 0.338 e. The molecule has 0 amide bonds. The van der Waals surface area contributed by atoms with Crippen LogP contribution in [0.15, 0.2) is 6.20 Å². The highest BCUT2D eigenvalue weighted by Crippen LogP contribution is 2.32. The van der Waals surface area contributed by atoms with Crippen LogP contribution in [0.5, 0.6) is 0 Å². The SMILES string of the molecule is CC(C)c1cn(C)c(CCC(C)C2CCCCC2)n1. The summed E-state index contributed by atoms with van der Waals surface area (Å²) in [6.07, 6.45) is 11.9. The first-order chi connectivity index (χ1) is 9.08. The van der Waals surface area contributed by atoms with Gasteiger partial charge in [0, 0.05) is 19.7 Å². The molecule has 1 aromatic rings. The van der Waals surface area contributed by atoms with Crippen molar-refractivity contribution in [3.8, 4) is 0 Å². The number of hydrogen-bond donors (Lipinski definition) is 0. The van der Waals surface area contributed by atoms with Crippen LogP contribution in [0.4, 0.5) is 0 Å². The second-order valence-electron chi connectivity index (χ2n) is 6.76. The highest BCUT2D eigenvalue weighted by atomic mass is 15.0. The Bertz CT molecular complexity index is 386. The quantitative estimate of drug-likeness (QED) is 0.752. The summed E-state index contributed by atoms with van der Waals surface area (Å²) >= 11 is 0. The van der Waals surface area contributed by atoms with Gasteiger partial charge in [-0.15, -0.1) is 0 Å². The first-order valence-electron chi connectivity index (χ1n) is 8.10. The van der Waals surface area contributed by atoms with E-state index in [-0.39, 0.29) is 0 Å². The van der Waals surface area contributed by atoms with Crippen LogP contribution in [-0.4, -0.2) is 9.55 Å². The van der Waals surface area contributed by atoms with Gasteiger partial charge in [0.1, 0.15) is 5.82 Å². The average Bonchev–Trinajstić information content (AvgIpc) is 2.79. The molecule has 0 saturated heterocycles. The van der Waals surface area contributed by atoms with Gasteiger partial charge in [-0.05, 0) is 24.2 Å². The second-order valence-corrected chi connectivity index (χ2v) is 6.76. The maximum atomic E-state index is 4.79. The molecule has 1 fully saturated rings. The molecule has 1 atom stereocenters. The van der Waals surface area contributed by atoms with Crippen LogP contribution in [0.2, 0.25) is 0 Å². The summed E-state index contributed by atoms with van der Waals surface area (Å²) in [5.74, 6) is 3.64. The minimum absolute atomic E-state index is 0.538. The van der Waals surface area contributed by atoms with Crippen molar-refractivity contribution in [3.63, 3.8) is 0 Å². The Morgan fingerprint density at radius 2 is 1.89 bits per heavy atom. The van der Waals surface area contributed by atoms with Gasteiger partial charge in [0.25, 0.3) is 0 Å². The minimum atomic E-state index is 0.538. The lowest BCUT2D eigenvalue weighted by atomic mass is 9.79. The van der Waals surface area contributed by atoms with E-state index in [1.54, 1.807) is 0 Å². The minimum Gasteiger partial charge on any atom is -0.338 e. The summed E-state index contributed by atoms with van der Waals surface area (Å²) in [6, 6.07) is 0. The summed E-state index contributed by atoms with van der Waals surface area (Å²) in [7, 11) is 2.14. The van der Waals surface area contributed by atoms with Gasteiger partial charge in [-0.25, -0.2) is 4.98 Å². The lowest BCUT2D eigenvalue weighted by molar-refractivity contribution is 0.251. The number of nitrogens with zero attached hydrogens (tertiary/aromatic N) is 2. The predicted octanol–water partition coefficient (Wildman–Crippen LogP) is 4.69. The van der Waals surface area contributed by atoms with E-state index in [9.17, 15) is 0 Å². The van der Waals surface area contributed by atoms with E-state index in [0.29, 0.717) is 5.92 Å². The molecule has 108 valence electrons. The van der Waals surface area contributed by atoms with Gasteiger partial charge in [0.2, 0.25) is 0 Å². The lowest BCUT2D eigenvalue weighted by Gasteiger charge is -2.27. The van der Waals surface area contributed by atoms with E-state index in [2.05, 4.69) is 38.6 Å². The average molecular weight is 262 g/mol. The fourth-order valence-electron chi connectivity index (χ4n) is 3.34. The summed E-state index contributed by atoms with van der Waals surface area (Å²) in [4.78, 5) is 4.79. The molecule has 0 bridgehead atoms. The molecule has 2 heteroatoms. The number of aryl methyl sites for hydroxylation is 2. The molecule has 2 nitrogen and oxygen atoms in total. The smallest absolute Gasteiger partial charge is 0.108 e. The number of hydrogen-bond acceptors (Lipinski definition) is 1. The fourth-order valence-corrected chi connectivity index (χ4v) is 3.34. The van der Waals surface area contributed by atoms with Gasteiger partial charge in [0.15, 0.2) is 0 Å². The molecule has 0 spiro atoms.